The Morgan fingerprint density at radius 3 is 2.53 bits per heavy atom. The van der Waals surface area contributed by atoms with Crippen LogP contribution in [0.4, 0.5) is 0 Å². The molecule has 15 heavy (non-hydrogen) atoms. The van der Waals surface area contributed by atoms with Gasteiger partial charge in [0.2, 0.25) is 0 Å². The largest absolute Gasteiger partial charge is 0.396 e. The first kappa shape index (κ1) is 13.2. The van der Waals surface area contributed by atoms with Crippen molar-refractivity contribution in [3.8, 4) is 0 Å². The Morgan fingerprint density at radius 1 is 1.33 bits per heavy atom. The van der Waals surface area contributed by atoms with Gasteiger partial charge in [-0.25, -0.2) is 0 Å². The zero-order valence-electron chi connectivity index (χ0n) is 8.61. The summed E-state index contributed by atoms with van der Waals surface area (Å²) in [6.07, 6.45) is -3.34. The summed E-state index contributed by atoms with van der Waals surface area (Å²) in [4.78, 5) is 0. The zero-order chi connectivity index (χ0) is 11.4. The molecule has 5 unspecified atom stereocenters. The summed E-state index contributed by atoms with van der Waals surface area (Å²) >= 11 is 3.97. The lowest BCUT2D eigenvalue weighted by Gasteiger charge is -2.40. The molecule has 0 bridgehead atoms. The van der Waals surface area contributed by atoms with Crippen LogP contribution in [-0.4, -0.2) is 58.9 Å². The number of rotatable bonds is 4. The predicted octanol–water partition coefficient (Wildman–Crippen LogP) is -0.992. The highest BCUT2D eigenvalue weighted by Crippen LogP contribution is 2.26. The highest BCUT2D eigenvalue weighted by molar-refractivity contribution is 7.80. The van der Waals surface area contributed by atoms with E-state index in [1.54, 1.807) is 6.92 Å². The van der Waals surface area contributed by atoms with E-state index in [4.69, 9.17) is 14.6 Å². The normalized spacial score (nSPS) is 41.8. The molecule has 0 aliphatic carbocycles. The van der Waals surface area contributed by atoms with Gasteiger partial charge < -0.3 is 24.8 Å². The van der Waals surface area contributed by atoms with Crippen LogP contribution in [0.25, 0.3) is 0 Å². The second-order valence-electron chi connectivity index (χ2n) is 3.63. The fourth-order valence-electron chi connectivity index (χ4n) is 1.65. The quantitative estimate of drug-likeness (QED) is 0.473. The van der Waals surface area contributed by atoms with Crippen molar-refractivity contribution in [1.29, 1.82) is 0 Å². The predicted molar refractivity (Wildman–Crippen MR) is 56.7 cm³/mol. The van der Waals surface area contributed by atoms with Gasteiger partial charge in [0, 0.05) is 11.7 Å². The van der Waals surface area contributed by atoms with Crippen molar-refractivity contribution in [3.63, 3.8) is 0 Å². The summed E-state index contributed by atoms with van der Waals surface area (Å²) in [5.41, 5.74) is 0. The fraction of sp³-hybridized carbons (Fsp3) is 1.00. The van der Waals surface area contributed by atoms with Crippen molar-refractivity contribution < 1.29 is 24.8 Å². The van der Waals surface area contributed by atoms with Crippen LogP contribution in [0.5, 0.6) is 0 Å². The molecule has 1 rings (SSSR count). The highest BCUT2D eigenvalue weighted by Gasteiger charge is 2.42. The first-order chi connectivity index (χ1) is 7.11. The van der Waals surface area contributed by atoms with Crippen molar-refractivity contribution in [2.75, 3.05) is 19.0 Å². The van der Waals surface area contributed by atoms with E-state index in [2.05, 4.69) is 12.6 Å². The highest BCUT2D eigenvalue weighted by atomic mass is 32.1. The van der Waals surface area contributed by atoms with Crippen LogP contribution in [0.2, 0.25) is 0 Å². The zero-order valence-corrected chi connectivity index (χ0v) is 9.51. The van der Waals surface area contributed by atoms with Crippen molar-refractivity contribution >= 4 is 12.6 Å². The molecule has 1 aliphatic heterocycles. The second-order valence-corrected chi connectivity index (χ2v) is 4.08. The molecular weight excluding hydrogens is 220 g/mol. The summed E-state index contributed by atoms with van der Waals surface area (Å²) < 4.78 is 10.5. The summed E-state index contributed by atoms with van der Waals surface area (Å²) in [7, 11) is 0. The molecule has 0 aromatic rings. The Bertz CT molecular complexity index is 191. The molecule has 0 radical (unpaired) electrons. The third-order valence-corrected chi connectivity index (χ3v) is 2.79. The van der Waals surface area contributed by atoms with E-state index in [-0.39, 0.29) is 12.7 Å². The van der Waals surface area contributed by atoms with E-state index >= 15 is 0 Å². The third-order valence-electron chi connectivity index (χ3n) is 2.60. The molecule has 90 valence electrons. The number of aliphatic hydroxyl groups excluding tert-OH is 3. The van der Waals surface area contributed by atoms with Gasteiger partial charge in [-0.05, 0) is 6.92 Å². The van der Waals surface area contributed by atoms with Gasteiger partial charge in [-0.1, -0.05) is 0 Å². The SMILES string of the molecule is CC1OC(OCCS)C(O)C(O)C1CO. The maximum absolute atomic E-state index is 9.69. The monoisotopic (exact) mass is 238 g/mol. The Labute approximate surface area is 94.4 Å². The van der Waals surface area contributed by atoms with Gasteiger partial charge in [0.15, 0.2) is 6.29 Å². The van der Waals surface area contributed by atoms with Gasteiger partial charge in [0.1, 0.15) is 6.10 Å². The Balaban J connectivity index is 2.56. The van der Waals surface area contributed by atoms with E-state index in [9.17, 15) is 10.2 Å². The average molecular weight is 238 g/mol. The van der Waals surface area contributed by atoms with Gasteiger partial charge in [-0.2, -0.15) is 12.6 Å². The third kappa shape index (κ3) is 3.05. The molecule has 6 heteroatoms. The van der Waals surface area contributed by atoms with Crippen molar-refractivity contribution in [3.05, 3.63) is 0 Å². The topological polar surface area (TPSA) is 79.2 Å². The lowest BCUT2D eigenvalue weighted by atomic mass is 9.90. The van der Waals surface area contributed by atoms with Crippen LogP contribution in [0.15, 0.2) is 0 Å². The van der Waals surface area contributed by atoms with E-state index in [0.717, 1.165) is 0 Å². The molecule has 0 aromatic heterocycles. The van der Waals surface area contributed by atoms with Crippen LogP contribution in [0.1, 0.15) is 6.92 Å². The van der Waals surface area contributed by atoms with Crippen LogP contribution >= 0.6 is 12.6 Å². The van der Waals surface area contributed by atoms with Gasteiger partial charge in [0.25, 0.3) is 0 Å². The summed E-state index contributed by atoms with van der Waals surface area (Å²) in [6, 6.07) is 0. The van der Waals surface area contributed by atoms with E-state index in [1.165, 1.54) is 0 Å². The number of thiol groups is 1. The second kappa shape index (κ2) is 6.03. The Kier molecular flexibility index (Phi) is 5.31. The maximum Gasteiger partial charge on any atom is 0.186 e. The molecule has 5 nitrogen and oxygen atoms in total. The smallest absolute Gasteiger partial charge is 0.186 e. The Hall–Kier alpha value is 0.150. The van der Waals surface area contributed by atoms with Crippen molar-refractivity contribution in [2.45, 2.75) is 31.5 Å². The first-order valence-electron chi connectivity index (χ1n) is 4.96. The molecule has 1 heterocycles. The standard InChI is InChI=1S/C9H18O5S/c1-5-6(4-10)7(11)8(12)9(14-5)13-2-3-15/h5-12,15H,2-4H2,1H3. The number of hydrogen-bond donors (Lipinski definition) is 4. The minimum absolute atomic E-state index is 0.224. The average Bonchev–Trinajstić information content (AvgIpc) is 2.22. The van der Waals surface area contributed by atoms with E-state index in [1.807, 2.05) is 0 Å². The molecular formula is C9H18O5S. The fourth-order valence-corrected chi connectivity index (χ4v) is 1.75. The van der Waals surface area contributed by atoms with Crippen LogP contribution in [-0.2, 0) is 9.47 Å². The van der Waals surface area contributed by atoms with Gasteiger partial charge in [0.05, 0.1) is 25.4 Å². The molecule has 1 aliphatic rings. The van der Waals surface area contributed by atoms with Crippen molar-refractivity contribution in [2.24, 2.45) is 5.92 Å². The number of aliphatic hydroxyl groups is 3. The molecule has 0 aromatic carbocycles. The molecule has 0 spiro atoms. The first-order valence-corrected chi connectivity index (χ1v) is 5.60. The molecule has 1 fully saturated rings. The maximum atomic E-state index is 9.69. The van der Waals surface area contributed by atoms with Crippen molar-refractivity contribution in [1.82, 2.24) is 0 Å². The summed E-state index contributed by atoms with van der Waals surface area (Å²) in [5.74, 6) is 0.0383. The molecule has 1 saturated heterocycles. The van der Waals surface area contributed by atoms with Crippen LogP contribution in [0.3, 0.4) is 0 Å². The van der Waals surface area contributed by atoms with Crippen LogP contribution in [0, 0.1) is 5.92 Å². The number of ether oxygens (including phenoxy) is 2. The summed E-state index contributed by atoms with van der Waals surface area (Å²) in [5, 5.41) is 28.3. The lowest BCUT2D eigenvalue weighted by Crippen LogP contribution is -2.55. The molecule has 0 amide bonds. The lowest BCUT2D eigenvalue weighted by molar-refractivity contribution is -0.283. The minimum atomic E-state index is -1.13. The molecule has 0 saturated carbocycles. The van der Waals surface area contributed by atoms with Crippen LogP contribution < -0.4 is 0 Å². The molecule has 3 N–H and O–H groups in total. The molecule has 5 atom stereocenters. The van der Waals surface area contributed by atoms with E-state index < -0.39 is 24.4 Å². The van der Waals surface area contributed by atoms with Gasteiger partial charge in [-0.3, -0.25) is 0 Å². The van der Waals surface area contributed by atoms with Gasteiger partial charge in [-0.15, -0.1) is 0 Å². The number of hydrogen-bond acceptors (Lipinski definition) is 6. The summed E-state index contributed by atoms with van der Waals surface area (Å²) in [6.45, 7) is 1.85. The Morgan fingerprint density at radius 2 is 2.00 bits per heavy atom. The van der Waals surface area contributed by atoms with Gasteiger partial charge >= 0.3 is 0 Å². The van der Waals surface area contributed by atoms with E-state index in [0.29, 0.717) is 12.4 Å². The minimum Gasteiger partial charge on any atom is -0.396 e.